The Balaban J connectivity index is 2.20. The highest BCUT2D eigenvalue weighted by molar-refractivity contribution is 6.30. The zero-order valence-electron chi connectivity index (χ0n) is 11.5. The van der Waals surface area contributed by atoms with Gasteiger partial charge in [0.2, 0.25) is 0 Å². The number of halogens is 1. The zero-order chi connectivity index (χ0) is 13.9. The van der Waals surface area contributed by atoms with Gasteiger partial charge in [0.25, 0.3) is 0 Å². The van der Waals surface area contributed by atoms with Crippen LogP contribution in [0.2, 0.25) is 5.02 Å². The van der Waals surface area contributed by atoms with Crippen LogP contribution in [0.15, 0.2) is 48.5 Å². The maximum atomic E-state index is 6.45. The molecular weight excluding hydrogens is 254 g/mol. The fraction of sp³-hybridized carbons (Fsp3) is 0.294. The third-order valence-corrected chi connectivity index (χ3v) is 3.72. The molecule has 1 unspecified atom stereocenters. The third kappa shape index (κ3) is 3.59. The van der Waals surface area contributed by atoms with Gasteiger partial charge in [0.15, 0.2) is 0 Å². The number of rotatable bonds is 4. The molecule has 1 atom stereocenters. The summed E-state index contributed by atoms with van der Waals surface area (Å²) in [6.07, 6.45) is 1.87. The van der Waals surface area contributed by atoms with Gasteiger partial charge in [-0.2, -0.15) is 0 Å². The second-order valence-corrected chi connectivity index (χ2v) is 5.71. The van der Waals surface area contributed by atoms with Gasteiger partial charge in [-0.1, -0.05) is 54.9 Å². The Morgan fingerprint density at radius 2 is 1.68 bits per heavy atom. The average Bonchev–Trinajstić information content (AvgIpc) is 2.39. The molecule has 2 aromatic rings. The lowest BCUT2D eigenvalue weighted by atomic mass is 9.86. The minimum atomic E-state index is -0.404. The van der Waals surface area contributed by atoms with Crippen molar-refractivity contribution in [3.8, 4) is 0 Å². The van der Waals surface area contributed by atoms with Crippen LogP contribution in [0.5, 0.6) is 0 Å². The van der Waals surface area contributed by atoms with E-state index >= 15 is 0 Å². The van der Waals surface area contributed by atoms with Crippen LogP contribution in [-0.2, 0) is 18.4 Å². The lowest BCUT2D eigenvalue weighted by Gasteiger charge is -2.25. The van der Waals surface area contributed by atoms with E-state index in [1.807, 2.05) is 31.2 Å². The van der Waals surface area contributed by atoms with Crippen LogP contribution in [0.25, 0.3) is 0 Å². The molecule has 2 aromatic carbocycles. The highest BCUT2D eigenvalue weighted by atomic mass is 35.5. The molecule has 0 aliphatic carbocycles. The van der Waals surface area contributed by atoms with Crippen molar-refractivity contribution in [1.82, 2.24) is 0 Å². The van der Waals surface area contributed by atoms with E-state index < -0.39 is 5.54 Å². The molecular formula is C17H20ClN. The number of aryl methyl sites for hydroxylation is 1. The van der Waals surface area contributed by atoms with Crippen molar-refractivity contribution in [1.29, 1.82) is 0 Å². The summed E-state index contributed by atoms with van der Waals surface area (Å²) in [4.78, 5) is 0. The lowest BCUT2D eigenvalue weighted by Crippen LogP contribution is -2.35. The van der Waals surface area contributed by atoms with Gasteiger partial charge >= 0.3 is 0 Å². The van der Waals surface area contributed by atoms with E-state index in [1.165, 1.54) is 11.1 Å². The molecule has 0 aliphatic rings. The van der Waals surface area contributed by atoms with Crippen molar-refractivity contribution in [2.45, 2.75) is 32.2 Å². The first kappa shape index (κ1) is 14.1. The summed E-state index contributed by atoms with van der Waals surface area (Å²) in [5.41, 5.74) is 9.72. The molecule has 1 nitrogen and oxygen atoms in total. The smallest absolute Gasteiger partial charge is 0.0422 e. The van der Waals surface area contributed by atoms with Crippen LogP contribution in [0.3, 0.4) is 0 Å². The van der Waals surface area contributed by atoms with Crippen LogP contribution in [0.1, 0.15) is 30.5 Å². The highest BCUT2D eigenvalue weighted by Gasteiger charge is 2.21. The molecule has 0 amide bonds. The molecule has 2 rings (SSSR count). The van der Waals surface area contributed by atoms with E-state index in [0.29, 0.717) is 0 Å². The first-order valence-corrected chi connectivity index (χ1v) is 7.02. The van der Waals surface area contributed by atoms with Crippen LogP contribution >= 0.6 is 11.6 Å². The predicted molar refractivity (Wildman–Crippen MR) is 82.5 cm³/mol. The normalized spacial score (nSPS) is 14.1. The highest BCUT2D eigenvalue weighted by Crippen LogP contribution is 2.25. The monoisotopic (exact) mass is 273 g/mol. The standard InChI is InChI=1S/C17H20ClN/c1-3-13-7-9-14(10-8-13)12-17(2,19)15-5-4-6-16(18)11-15/h4-11H,3,12,19H2,1-2H3. The second-order valence-electron chi connectivity index (χ2n) is 5.27. The van der Waals surface area contributed by atoms with Crippen LogP contribution in [-0.4, -0.2) is 0 Å². The molecule has 0 spiro atoms. The van der Waals surface area contributed by atoms with Crippen molar-refractivity contribution in [2.24, 2.45) is 5.73 Å². The number of nitrogens with two attached hydrogens (primary N) is 1. The fourth-order valence-corrected chi connectivity index (χ4v) is 2.45. The maximum Gasteiger partial charge on any atom is 0.0422 e. The van der Waals surface area contributed by atoms with Gasteiger partial charge in [0, 0.05) is 10.6 Å². The van der Waals surface area contributed by atoms with Crippen LogP contribution in [0.4, 0.5) is 0 Å². The van der Waals surface area contributed by atoms with E-state index in [1.54, 1.807) is 0 Å². The van der Waals surface area contributed by atoms with Crippen molar-refractivity contribution < 1.29 is 0 Å². The molecule has 19 heavy (non-hydrogen) atoms. The zero-order valence-corrected chi connectivity index (χ0v) is 12.2. The Morgan fingerprint density at radius 3 is 2.26 bits per heavy atom. The number of hydrogen-bond donors (Lipinski definition) is 1. The summed E-state index contributed by atoms with van der Waals surface area (Å²) in [6, 6.07) is 16.5. The van der Waals surface area contributed by atoms with E-state index in [-0.39, 0.29) is 0 Å². The maximum absolute atomic E-state index is 6.45. The van der Waals surface area contributed by atoms with Crippen molar-refractivity contribution in [2.75, 3.05) is 0 Å². The molecule has 0 fully saturated rings. The molecule has 2 heteroatoms. The van der Waals surface area contributed by atoms with E-state index in [0.717, 1.165) is 23.4 Å². The van der Waals surface area contributed by atoms with E-state index in [9.17, 15) is 0 Å². The van der Waals surface area contributed by atoms with Gasteiger partial charge in [-0.25, -0.2) is 0 Å². The van der Waals surface area contributed by atoms with Gasteiger partial charge in [0.1, 0.15) is 0 Å². The first-order chi connectivity index (χ1) is 9.01. The summed E-state index contributed by atoms with van der Waals surface area (Å²) in [5, 5.41) is 0.732. The van der Waals surface area contributed by atoms with Crippen molar-refractivity contribution in [3.05, 3.63) is 70.2 Å². The lowest BCUT2D eigenvalue weighted by molar-refractivity contribution is 0.491. The summed E-state index contributed by atoms with van der Waals surface area (Å²) in [7, 11) is 0. The summed E-state index contributed by atoms with van der Waals surface area (Å²) in [6.45, 7) is 4.21. The SMILES string of the molecule is CCc1ccc(CC(C)(N)c2cccc(Cl)c2)cc1. The Morgan fingerprint density at radius 1 is 1.05 bits per heavy atom. The quantitative estimate of drug-likeness (QED) is 0.882. The Labute approximate surface area is 120 Å². The topological polar surface area (TPSA) is 26.0 Å². The van der Waals surface area contributed by atoms with Gasteiger partial charge in [-0.15, -0.1) is 0 Å². The van der Waals surface area contributed by atoms with Crippen LogP contribution < -0.4 is 5.73 Å². The van der Waals surface area contributed by atoms with Crippen LogP contribution in [0, 0.1) is 0 Å². The molecule has 0 aliphatic heterocycles. The summed E-state index contributed by atoms with van der Waals surface area (Å²) in [5.74, 6) is 0. The largest absolute Gasteiger partial charge is 0.321 e. The second kappa shape index (κ2) is 5.77. The summed E-state index contributed by atoms with van der Waals surface area (Å²) < 4.78 is 0. The molecule has 0 radical (unpaired) electrons. The fourth-order valence-electron chi connectivity index (χ4n) is 2.26. The van der Waals surface area contributed by atoms with E-state index in [4.69, 9.17) is 17.3 Å². The average molecular weight is 274 g/mol. The van der Waals surface area contributed by atoms with E-state index in [2.05, 4.69) is 31.2 Å². The first-order valence-electron chi connectivity index (χ1n) is 6.64. The minimum absolute atomic E-state index is 0.404. The number of hydrogen-bond acceptors (Lipinski definition) is 1. The molecule has 0 heterocycles. The number of benzene rings is 2. The molecule has 0 saturated heterocycles. The Kier molecular flexibility index (Phi) is 4.28. The molecule has 100 valence electrons. The molecule has 0 saturated carbocycles. The van der Waals surface area contributed by atoms with Gasteiger partial charge in [0.05, 0.1) is 0 Å². The Hall–Kier alpha value is -1.31. The van der Waals surface area contributed by atoms with Gasteiger partial charge in [-0.05, 0) is 48.6 Å². The summed E-state index contributed by atoms with van der Waals surface area (Å²) >= 11 is 6.04. The minimum Gasteiger partial charge on any atom is -0.321 e. The van der Waals surface area contributed by atoms with Gasteiger partial charge < -0.3 is 5.73 Å². The predicted octanol–water partition coefficient (Wildman–Crippen LogP) is 4.32. The molecule has 0 aromatic heterocycles. The third-order valence-electron chi connectivity index (χ3n) is 3.49. The molecule has 0 bridgehead atoms. The Bertz CT molecular complexity index is 543. The molecule has 2 N–H and O–H groups in total. The van der Waals surface area contributed by atoms with Gasteiger partial charge in [-0.3, -0.25) is 0 Å². The van der Waals surface area contributed by atoms with Crippen molar-refractivity contribution >= 4 is 11.6 Å². The van der Waals surface area contributed by atoms with Crippen molar-refractivity contribution in [3.63, 3.8) is 0 Å².